The fraction of sp³-hybridized carbons (Fsp3) is 0.318. The number of hydrogen-bond acceptors (Lipinski definition) is 2. The van der Waals surface area contributed by atoms with Gasteiger partial charge in [-0.15, -0.1) is 0 Å². The molecule has 0 bridgehead atoms. The van der Waals surface area contributed by atoms with Crippen LogP contribution in [0.15, 0.2) is 48.5 Å². The maximum absolute atomic E-state index is 13.6. The van der Waals surface area contributed by atoms with Crippen LogP contribution in [0.3, 0.4) is 0 Å². The quantitative estimate of drug-likeness (QED) is 0.769. The Morgan fingerprint density at radius 1 is 1.07 bits per heavy atom. The van der Waals surface area contributed by atoms with Crippen LogP contribution in [0.4, 0.5) is 4.39 Å². The molecule has 1 aliphatic rings. The number of aromatic nitrogens is 1. The lowest BCUT2D eigenvalue weighted by atomic mass is 10.1. The number of aryl methyl sites for hydroxylation is 1. The summed E-state index contributed by atoms with van der Waals surface area (Å²) in [6, 6.07) is 15.1. The van der Waals surface area contributed by atoms with Crippen molar-refractivity contribution >= 4 is 16.8 Å². The lowest BCUT2D eigenvalue weighted by Crippen LogP contribution is -2.48. The summed E-state index contributed by atoms with van der Waals surface area (Å²) in [5, 5.41) is 0.809. The predicted molar refractivity (Wildman–Crippen MR) is 105 cm³/mol. The Labute approximate surface area is 158 Å². The largest absolute Gasteiger partial charge is 0.358 e. The van der Waals surface area contributed by atoms with E-state index in [1.54, 1.807) is 6.07 Å². The van der Waals surface area contributed by atoms with Gasteiger partial charge in [0.25, 0.3) is 0 Å². The Balaban J connectivity index is 1.39. The lowest BCUT2D eigenvalue weighted by molar-refractivity contribution is -0.132. The Morgan fingerprint density at radius 2 is 1.81 bits per heavy atom. The van der Waals surface area contributed by atoms with Gasteiger partial charge in [-0.1, -0.05) is 30.3 Å². The minimum absolute atomic E-state index is 0.114. The molecule has 2 heterocycles. The number of piperazine rings is 1. The summed E-state index contributed by atoms with van der Waals surface area (Å²) in [5.74, 6) is -0.160. The molecule has 2 aromatic carbocycles. The van der Waals surface area contributed by atoms with Crippen LogP contribution in [0.5, 0.6) is 0 Å². The molecule has 1 aliphatic heterocycles. The Hall–Kier alpha value is -2.66. The van der Waals surface area contributed by atoms with Crippen molar-refractivity contribution in [1.29, 1.82) is 0 Å². The molecular weight excluding hydrogens is 341 g/mol. The minimum atomic E-state index is -0.273. The standard InChI is InChI=1S/C22H24FN3O/c1-16-19(20-13-18(23)7-8-21(20)24-16)14-22(27)26-11-9-25(10-12-26)15-17-5-3-2-4-6-17/h2-8,13,24H,9-12,14-15H2,1H3. The molecule has 3 aromatic rings. The molecule has 0 saturated carbocycles. The molecule has 1 N–H and O–H groups in total. The second-order valence-corrected chi connectivity index (χ2v) is 7.24. The van der Waals surface area contributed by atoms with Gasteiger partial charge >= 0.3 is 0 Å². The number of aromatic amines is 1. The Bertz CT molecular complexity index is 943. The molecule has 1 aromatic heterocycles. The van der Waals surface area contributed by atoms with Crippen molar-refractivity contribution in [2.75, 3.05) is 26.2 Å². The van der Waals surface area contributed by atoms with Gasteiger partial charge < -0.3 is 9.88 Å². The summed E-state index contributed by atoms with van der Waals surface area (Å²) in [6.07, 6.45) is 0.313. The molecule has 0 radical (unpaired) electrons. The van der Waals surface area contributed by atoms with E-state index in [0.717, 1.165) is 54.9 Å². The van der Waals surface area contributed by atoms with Crippen molar-refractivity contribution in [3.8, 4) is 0 Å². The molecule has 0 spiro atoms. The predicted octanol–water partition coefficient (Wildman–Crippen LogP) is 3.50. The van der Waals surface area contributed by atoms with E-state index in [4.69, 9.17) is 0 Å². The topological polar surface area (TPSA) is 39.3 Å². The average Bonchev–Trinajstić information content (AvgIpc) is 2.98. The normalized spacial score (nSPS) is 15.4. The zero-order valence-corrected chi connectivity index (χ0v) is 15.5. The maximum atomic E-state index is 13.6. The molecule has 0 unspecified atom stereocenters. The first-order valence-corrected chi connectivity index (χ1v) is 9.41. The Kier molecular flexibility index (Phi) is 4.94. The molecular formula is C22H24FN3O. The molecule has 1 amide bonds. The molecule has 5 heteroatoms. The van der Waals surface area contributed by atoms with Gasteiger partial charge in [-0.2, -0.15) is 0 Å². The number of rotatable bonds is 4. The van der Waals surface area contributed by atoms with Crippen LogP contribution in [0.25, 0.3) is 10.9 Å². The smallest absolute Gasteiger partial charge is 0.227 e. The Morgan fingerprint density at radius 3 is 2.56 bits per heavy atom. The highest BCUT2D eigenvalue weighted by Gasteiger charge is 2.23. The number of carbonyl (C=O) groups is 1. The van der Waals surface area contributed by atoms with Crippen LogP contribution in [-0.4, -0.2) is 46.9 Å². The van der Waals surface area contributed by atoms with Crippen molar-refractivity contribution in [2.24, 2.45) is 0 Å². The average molecular weight is 365 g/mol. The number of halogens is 1. The van der Waals surface area contributed by atoms with Crippen LogP contribution < -0.4 is 0 Å². The van der Waals surface area contributed by atoms with E-state index in [1.807, 2.05) is 17.9 Å². The van der Waals surface area contributed by atoms with Crippen LogP contribution in [0, 0.1) is 12.7 Å². The number of amides is 1. The molecule has 27 heavy (non-hydrogen) atoms. The third kappa shape index (κ3) is 3.88. The monoisotopic (exact) mass is 365 g/mol. The summed E-state index contributed by atoms with van der Waals surface area (Å²) in [5.41, 5.74) is 4.02. The minimum Gasteiger partial charge on any atom is -0.358 e. The van der Waals surface area contributed by atoms with E-state index in [-0.39, 0.29) is 11.7 Å². The number of H-pyrrole nitrogens is 1. The first-order valence-electron chi connectivity index (χ1n) is 9.41. The number of nitrogens with zero attached hydrogens (tertiary/aromatic N) is 2. The summed E-state index contributed by atoms with van der Waals surface area (Å²) in [7, 11) is 0. The van der Waals surface area contributed by atoms with Gasteiger partial charge in [0.05, 0.1) is 6.42 Å². The van der Waals surface area contributed by atoms with Gasteiger partial charge in [0.2, 0.25) is 5.91 Å². The van der Waals surface area contributed by atoms with Crippen LogP contribution >= 0.6 is 0 Å². The van der Waals surface area contributed by atoms with Gasteiger partial charge in [-0.25, -0.2) is 4.39 Å². The van der Waals surface area contributed by atoms with E-state index in [0.29, 0.717) is 6.42 Å². The van der Waals surface area contributed by atoms with Crippen LogP contribution in [-0.2, 0) is 17.8 Å². The van der Waals surface area contributed by atoms with E-state index >= 15 is 0 Å². The van der Waals surface area contributed by atoms with Gasteiger partial charge in [0.1, 0.15) is 5.82 Å². The first kappa shape index (κ1) is 17.7. The molecule has 1 fully saturated rings. The summed E-state index contributed by atoms with van der Waals surface area (Å²) in [4.78, 5) is 20.4. The fourth-order valence-corrected chi connectivity index (χ4v) is 3.84. The summed E-state index contributed by atoms with van der Waals surface area (Å²) in [6.45, 7) is 6.09. The summed E-state index contributed by atoms with van der Waals surface area (Å²) < 4.78 is 13.6. The van der Waals surface area contributed by atoms with E-state index in [2.05, 4.69) is 34.1 Å². The van der Waals surface area contributed by atoms with Crippen LogP contribution in [0.1, 0.15) is 16.8 Å². The highest BCUT2D eigenvalue weighted by Crippen LogP contribution is 2.24. The molecule has 140 valence electrons. The van der Waals surface area contributed by atoms with Crippen LogP contribution in [0.2, 0.25) is 0 Å². The third-order valence-electron chi connectivity index (χ3n) is 5.38. The third-order valence-corrected chi connectivity index (χ3v) is 5.38. The number of carbonyl (C=O) groups excluding carboxylic acids is 1. The van der Waals surface area contributed by atoms with Gasteiger partial charge in [-0.3, -0.25) is 9.69 Å². The summed E-state index contributed by atoms with van der Waals surface area (Å²) >= 11 is 0. The first-order chi connectivity index (χ1) is 13.1. The second kappa shape index (κ2) is 7.53. The number of fused-ring (bicyclic) bond motifs is 1. The number of benzene rings is 2. The number of hydrogen-bond donors (Lipinski definition) is 1. The fourth-order valence-electron chi connectivity index (χ4n) is 3.84. The molecule has 4 nitrogen and oxygen atoms in total. The molecule has 4 rings (SSSR count). The lowest BCUT2D eigenvalue weighted by Gasteiger charge is -2.34. The van der Waals surface area contributed by atoms with Crippen molar-refractivity contribution in [1.82, 2.24) is 14.8 Å². The zero-order valence-electron chi connectivity index (χ0n) is 15.5. The van der Waals surface area contributed by atoms with E-state index in [9.17, 15) is 9.18 Å². The highest BCUT2D eigenvalue weighted by molar-refractivity contribution is 5.90. The van der Waals surface area contributed by atoms with Gasteiger partial charge in [-0.05, 0) is 36.2 Å². The van der Waals surface area contributed by atoms with Gasteiger partial charge in [0.15, 0.2) is 0 Å². The maximum Gasteiger partial charge on any atom is 0.227 e. The van der Waals surface area contributed by atoms with E-state index < -0.39 is 0 Å². The van der Waals surface area contributed by atoms with Crippen molar-refractivity contribution < 1.29 is 9.18 Å². The molecule has 0 atom stereocenters. The van der Waals surface area contributed by atoms with Crippen molar-refractivity contribution in [3.05, 3.63) is 71.2 Å². The van der Waals surface area contributed by atoms with E-state index in [1.165, 1.54) is 17.7 Å². The molecule has 1 saturated heterocycles. The highest BCUT2D eigenvalue weighted by atomic mass is 19.1. The van der Waals surface area contributed by atoms with Crippen molar-refractivity contribution in [2.45, 2.75) is 19.9 Å². The number of nitrogens with one attached hydrogen (secondary N) is 1. The molecule has 0 aliphatic carbocycles. The van der Waals surface area contributed by atoms with Crippen molar-refractivity contribution in [3.63, 3.8) is 0 Å². The second-order valence-electron chi connectivity index (χ2n) is 7.24. The van der Waals surface area contributed by atoms with Gasteiger partial charge in [0, 0.05) is 49.3 Å². The SMILES string of the molecule is Cc1[nH]c2ccc(F)cc2c1CC(=O)N1CCN(Cc2ccccc2)CC1. The zero-order chi connectivity index (χ0) is 18.8.